The first-order valence-electron chi connectivity index (χ1n) is 7.30. The second-order valence-electron chi connectivity index (χ2n) is 5.24. The number of pyridine rings is 1. The number of anilines is 1. The highest BCUT2D eigenvalue weighted by atomic mass is 32.2. The fraction of sp³-hybridized carbons (Fsp3) is 0.643. The fourth-order valence-electron chi connectivity index (χ4n) is 2.30. The van der Waals surface area contributed by atoms with Gasteiger partial charge < -0.3 is 5.32 Å². The summed E-state index contributed by atoms with van der Waals surface area (Å²) in [6.07, 6.45) is 2.52. The van der Waals surface area contributed by atoms with Gasteiger partial charge in [0.1, 0.15) is 5.82 Å². The van der Waals surface area contributed by atoms with Crippen LogP contribution >= 0.6 is 11.8 Å². The highest BCUT2D eigenvalue weighted by molar-refractivity contribution is 8.00. The maximum atomic E-state index is 12.8. The lowest BCUT2D eigenvalue weighted by molar-refractivity contribution is 0.340. The van der Waals surface area contributed by atoms with Crippen molar-refractivity contribution >= 4 is 27.6 Å². The van der Waals surface area contributed by atoms with Crippen LogP contribution in [0, 0.1) is 0 Å². The molecule has 5 nitrogen and oxygen atoms in total. The van der Waals surface area contributed by atoms with E-state index in [2.05, 4.69) is 24.1 Å². The van der Waals surface area contributed by atoms with Crippen molar-refractivity contribution < 1.29 is 8.42 Å². The second kappa shape index (κ2) is 6.98. The first-order valence-corrected chi connectivity index (χ1v) is 9.79. The summed E-state index contributed by atoms with van der Waals surface area (Å²) in [5.41, 5.74) is 0. The zero-order valence-electron chi connectivity index (χ0n) is 12.7. The molecule has 1 aliphatic heterocycles. The van der Waals surface area contributed by atoms with E-state index in [-0.39, 0.29) is 6.04 Å². The molecule has 1 saturated heterocycles. The summed E-state index contributed by atoms with van der Waals surface area (Å²) in [7, 11) is -3.45. The van der Waals surface area contributed by atoms with Crippen LogP contribution in [0.2, 0.25) is 0 Å². The van der Waals surface area contributed by atoms with Gasteiger partial charge >= 0.3 is 0 Å². The minimum atomic E-state index is -3.45. The van der Waals surface area contributed by atoms with Gasteiger partial charge in [0.25, 0.3) is 0 Å². The zero-order valence-corrected chi connectivity index (χ0v) is 14.4. The molecule has 2 rings (SSSR count). The lowest BCUT2D eigenvalue weighted by atomic mass is 10.2. The van der Waals surface area contributed by atoms with Crippen LogP contribution in [-0.4, -0.2) is 47.8 Å². The zero-order chi connectivity index (χ0) is 15.5. The van der Waals surface area contributed by atoms with Crippen molar-refractivity contribution in [2.45, 2.75) is 43.4 Å². The van der Waals surface area contributed by atoms with E-state index in [0.29, 0.717) is 22.5 Å². The van der Waals surface area contributed by atoms with Crippen molar-refractivity contribution in [3.05, 3.63) is 18.3 Å². The van der Waals surface area contributed by atoms with Gasteiger partial charge in [-0.3, -0.25) is 0 Å². The minimum absolute atomic E-state index is 0.00830. The smallest absolute Gasteiger partial charge is 0.243 e. The van der Waals surface area contributed by atoms with Crippen molar-refractivity contribution in [1.29, 1.82) is 0 Å². The Morgan fingerprint density at radius 3 is 2.95 bits per heavy atom. The van der Waals surface area contributed by atoms with Gasteiger partial charge in [-0.1, -0.05) is 13.8 Å². The molecule has 7 heteroatoms. The maximum Gasteiger partial charge on any atom is 0.243 e. The monoisotopic (exact) mass is 329 g/mol. The van der Waals surface area contributed by atoms with E-state index in [1.165, 1.54) is 0 Å². The molecule has 118 valence electrons. The largest absolute Gasteiger partial charge is 0.370 e. The molecule has 1 aliphatic rings. The summed E-state index contributed by atoms with van der Waals surface area (Å²) in [5, 5.41) is 3.44. The standard InChI is InChI=1S/C14H23N3O2S2/c1-4-6-15-14-10-13(5-7-16-14)21(18,19)17-8-9-20-12(3)11(17)2/h5,7,10-12H,4,6,8-9H2,1-3H3,(H,15,16). The SMILES string of the molecule is CCCNc1cc(S(=O)(=O)N2CCSC(C)C2C)ccn1. The van der Waals surface area contributed by atoms with Gasteiger partial charge in [-0.25, -0.2) is 13.4 Å². The summed E-state index contributed by atoms with van der Waals surface area (Å²) < 4.78 is 27.3. The molecule has 0 radical (unpaired) electrons. The van der Waals surface area contributed by atoms with Gasteiger partial charge in [0, 0.05) is 42.4 Å². The summed E-state index contributed by atoms with van der Waals surface area (Å²) >= 11 is 1.82. The van der Waals surface area contributed by atoms with E-state index in [0.717, 1.165) is 18.7 Å². The summed E-state index contributed by atoms with van der Waals surface area (Å²) in [4.78, 5) is 4.49. The van der Waals surface area contributed by atoms with E-state index in [4.69, 9.17) is 0 Å². The van der Waals surface area contributed by atoms with Crippen LogP contribution < -0.4 is 5.32 Å². The van der Waals surface area contributed by atoms with Crippen molar-refractivity contribution in [2.24, 2.45) is 0 Å². The third kappa shape index (κ3) is 3.70. The van der Waals surface area contributed by atoms with E-state index in [9.17, 15) is 8.42 Å². The maximum absolute atomic E-state index is 12.8. The predicted molar refractivity (Wildman–Crippen MR) is 88.3 cm³/mol. The lowest BCUT2D eigenvalue weighted by Crippen LogP contribution is -2.47. The van der Waals surface area contributed by atoms with Gasteiger partial charge in [-0.2, -0.15) is 16.1 Å². The van der Waals surface area contributed by atoms with Crippen LogP contribution in [0.5, 0.6) is 0 Å². The molecule has 1 N–H and O–H groups in total. The number of aromatic nitrogens is 1. The molecule has 1 fully saturated rings. The molecule has 0 aliphatic carbocycles. The number of rotatable bonds is 5. The number of hydrogen-bond acceptors (Lipinski definition) is 5. The molecule has 0 bridgehead atoms. The Morgan fingerprint density at radius 2 is 2.24 bits per heavy atom. The first kappa shape index (κ1) is 16.6. The Balaban J connectivity index is 2.26. The van der Waals surface area contributed by atoms with Gasteiger partial charge in [0.2, 0.25) is 10.0 Å². The van der Waals surface area contributed by atoms with E-state index < -0.39 is 10.0 Å². The van der Waals surface area contributed by atoms with Gasteiger partial charge in [-0.05, 0) is 19.4 Å². The van der Waals surface area contributed by atoms with Crippen molar-refractivity contribution in [1.82, 2.24) is 9.29 Å². The molecule has 0 amide bonds. The Bertz CT molecular complexity index is 577. The molecule has 2 heterocycles. The summed E-state index contributed by atoms with van der Waals surface area (Å²) in [6, 6.07) is 3.21. The number of thioether (sulfide) groups is 1. The number of sulfonamides is 1. The van der Waals surface area contributed by atoms with Crippen molar-refractivity contribution in [3.8, 4) is 0 Å². The number of nitrogens with one attached hydrogen (secondary N) is 1. The molecular formula is C14H23N3O2S2. The molecule has 0 spiro atoms. The third-order valence-electron chi connectivity index (χ3n) is 3.72. The predicted octanol–water partition coefficient (Wildman–Crippen LogP) is 2.42. The normalized spacial score (nSPS) is 24.0. The fourth-order valence-corrected chi connectivity index (χ4v) is 5.31. The van der Waals surface area contributed by atoms with Gasteiger partial charge in [0.05, 0.1) is 4.90 Å². The van der Waals surface area contributed by atoms with Crippen LogP contribution in [0.3, 0.4) is 0 Å². The van der Waals surface area contributed by atoms with Crippen molar-refractivity contribution in [3.63, 3.8) is 0 Å². The molecule has 1 aromatic heterocycles. The van der Waals surface area contributed by atoms with Crippen LogP contribution in [0.25, 0.3) is 0 Å². The molecule has 21 heavy (non-hydrogen) atoms. The highest BCUT2D eigenvalue weighted by Crippen LogP contribution is 2.29. The van der Waals surface area contributed by atoms with E-state index in [1.807, 2.05) is 18.7 Å². The van der Waals surface area contributed by atoms with Crippen LogP contribution in [0.1, 0.15) is 27.2 Å². The molecule has 0 aromatic carbocycles. The van der Waals surface area contributed by atoms with Gasteiger partial charge in [0.15, 0.2) is 0 Å². The second-order valence-corrected chi connectivity index (χ2v) is 8.61. The topological polar surface area (TPSA) is 62.3 Å². The Labute approximate surface area is 131 Å². The number of hydrogen-bond donors (Lipinski definition) is 1. The average Bonchev–Trinajstić information content (AvgIpc) is 2.48. The quantitative estimate of drug-likeness (QED) is 0.899. The van der Waals surface area contributed by atoms with Crippen LogP contribution in [0.15, 0.2) is 23.2 Å². The lowest BCUT2D eigenvalue weighted by Gasteiger charge is -2.36. The minimum Gasteiger partial charge on any atom is -0.370 e. The summed E-state index contributed by atoms with van der Waals surface area (Å²) in [5.74, 6) is 1.46. The molecule has 2 unspecified atom stereocenters. The van der Waals surface area contributed by atoms with Crippen molar-refractivity contribution in [2.75, 3.05) is 24.2 Å². The first-order chi connectivity index (χ1) is 9.96. The summed E-state index contributed by atoms with van der Waals surface area (Å²) in [6.45, 7) is 7.47. The Kier molecular flexibility index (Phi) is 5.51. The Hall–Kier alpha value is -0.790. The average molecular weight is 329 g/mol. The highest BCUT2D eigenvalue weighted by Gasteiger charge is 2.35. The van der Waals surface area contributed by atoms with Crippen LogP contribution in [-0.2, 0) is 10.0 Å². The Morgan fingerprint density at radius 1 is 1.48 bits per heavy atom. The molecule has 0 saturated carbocycles. The van der Waals surface area contributed by atoms with E-state index in [1.54, 1.807) is 22.6 Å². The van der Waals surface area contributed by atoms with Gasteiger partial charge in [-0.15, -0.1) is 0 Å². The molecular weight excluding hydrogens is 306 g/mol. The van der Waals surface area contributed by atoms with Crippen LogP contribution in [0.4, 0.5) is 5.82 Å². The molecule has 2 atom stereocenters. The number of nitrogens with zero attached hydrogens (tertiary/aromatic N) is 2. The molecule has 1 aromatic rings. The third-order valence-corrected chi connectivity index (χ3v) is 7.04. The van der Waals surface area contributed by atoms with E-state index >= 15 is 0 Å².